The summed E-state index contributed by atoms with van der Waals surface area (Å²) in [7, 11) is -2.10. The third-order valence-corrected chi connectivity index (χ3v) is 7.03. The highest BCUT2D eigenvalue weighted by molar-refractivity contribution is 7.92. The molecule has 1 aliphatic rings. The normalized spacial score (nSPS) is 15.0. The van der Waals surface area contributed by atoms with Gasteiger partial charge in [-0.3, -0.25) is 9.52 Å². The predicted molar refractivity (Wildman–Crippen MR) is 114 cm³/mol. The lowest BCUT2D eigenvalue weighted by Gasteiger charge is -2.17. The van der Waals surface area contributed by atoms with Crippen molar-refractivity contribution < 1.29 is 17.9 Å². The van der Waals surface area contributed by atoms with E-state index in [1.807, 2.05) is 31.2 Å². The minimum atomic E-state index is -3.70. The number of carbonyl (C=O) groups is 1. The maximum atomic E-state index is 12.9. The second kappa shape index (κ2) is 8.16. The van der Waals surface area contributed by atoms with Crippen molar-refractivity contribution >= 4 is 21.6 Å². The van der Waals surface area contributed by atoms with E-state index in [0.717, 1.165) is 35.1 Å². The second-order valence-corrected chi connectivity index (χ2v) is 9.36. The number of sulfonamides is 1. The molecule has 2 N–H and O–H groups in total. The zero-order valence-corrected chi connectivity index (χ0v) is 18.2. The number of hydrogen-bond donors (Lipinski definition) is 2. The Bertz CT molecular complexity index is 987. The van der Waals surface area contributed by atoms with E-state index in [1.165, 1.54) is 0 Å². The van der Waals surface area contributed by atoms with E-state index in [0.29, 0.717) is 23.7 Å². The van der Waals surface area contributed by atoms with E-state index in [4.69, 9.17) is 4.74 Å². The number of ether oxygens (including phenoxy) is 1. The van der Waals surface area contributed by atoms with E-state index in [9.17, 15) is 13.2 Å². The van der Waals surface area contributed by atoms with Gasteiger partial charge >= 0.3 is 0 Å². The monoisotopic (exact) mass is 416 g/mol. The molecule has 3 rings (SSSR count). The molecule has 2 aromatic carbocycles. The van der Waals surface area contributed by atoms with Crippen LogP contribution in [0.4, 0.5) is 5.69 Å². The van der Waals surface area contributed by atoms with Crippen LogP contribution in [0, 0.1) is 20.8 Å². The number of methoxy groups -OCH3 is 1. The summed E-state index contributed by atoms with van der Waals surface area (Å²) in [6.45, 7) is 6.50. The van der Waals surface area contributed by atoms with Gasteiger partial charge in [0.05, 0.1) is 16.9 Å². The minimum Gasteiger partial charge on any atom is -0.383 e. The zero-order chi connectivity index (χ0) is 21.2. The molecule has 0 aromatic heterocycles. The van der Waals surface area contributed by atoms with Crippen molar-refractivity contribution in [1.29, 1.82) is 0 Å². The van der Waals surface area contributed by atoms with Gasteiger partial charge in [0.1, 0.15) is 0 Å². The molecule has 2 aromatic rings. The number of rotatable bonds is 8. The summed E-state index contributed by atoms with van der Waals surface area (Å²) in [6, 6.07) is 10.8. The van der Waals surface area contributed by atoms with Crippen LogP contribution >= 0.6 is 0 Å². The number of carbonyl (C=O) groups excluding carboxylic acids is 1. The third kappa shape index (κ3) is 4.46. The Labute approximate surface area is 172 Å². The highest BCUT2D eigenvalue weighted by Gasteiger charge is 2.51. The van der Waals surface area contributed by atoms with E-state index < -0.39 is 15.4 Å². The van der Waals surface area contributed by atoms with Crippen molar-refractivity contribution in [3.8, 4) is 0 Å². The third-order valence-electron chi connectivity index (χ3n) is 5.34. The van der Waals surface area contributed by atoms with Crippen LogP contribution in [0.25, 0.3) is 0 Å². The molecule has 1 saturated carbocycles. The maximum absolute atomic E-state index is 12.9. The molecule has 1 aliphatic carbocycles. The number of benzene rings is 2. The van der Waals surface area contributed by atoms with E-state index in [-0.39, 0.29) is 5.91 Å². The predicted octanol–water partition coefficient (Wildman–Crippen LogP) is 3.21. The zero-order valence-electron chi connectivity index (χ0n) is 17.3. The van der Waals surface area contributed by atoms with Crippen molar-refractivity contribution in [2.24, 2.45) is 0 Å². The van der Waals surface area contributed by atoms with Crippen LogP contribution in [-0.2, 0) is 25.0 Å². The summed E-state index contributed by atoms with van der Waals surface area (Å²) in [5.41, 5.74) is 3.34. The highest BCUT2D eigenvalue weighted by atomic mass is 32.2. The molecule has 156 valence electrons. The molecular weight excluding hydrogens is 388 g/mol. The van der Waals surface area contributed by atoms with Gasteiger partial charge in [-0.05, 0) is 62.4 Å². The van der Waals surface area contributed by atoms with Gasteiger partial charge in [-0.15, -0.1) is 0 Å². The fourth-order valence-electron chi connectivity index (χ4n) is 3.86. The van der Waals surface area contributed by atoms with Crippen LogP contribution in [-0.4, -0.2) is 34.6 Å². The van der Waals surface area contributed by atoms with Crippen molar-refractivity contribution in [3.05, 3.63) is 58.7 Å². The fourth-order valence-corrected chi connectivity index (χ4v) is 5.38. The standard InChI is InChI=1S/C22H28N2O4S/c1-15-13-16(2)20(17(3)14-15)29(26,27)24-19-7-5-18(6-8-19)22(9-10-22)21(25)23-11-12-28-4/h5-8,13-14,24H,9-12H2,1-4H3,(H,23,25). The van der Waals surface area contributed by atoms with Gasteiger partial charge in [-0.1, -0.05) is 29.8 Å². The summed E-state index contributed by atoms with van der Waals surface area (Å²) in [4.78, 5) is 12.8. The summed E-state index contributed by atoms with van der Waals surface area (Å²) in [6.07, 6.45) is 1.58. The molecule has 29 heavy (non-hydrogen) atoms. The molecule has 0 aliphatic heterocycles. The molecule has 0 unspecified atom stereocenters. The molecule has 0 spiro atoms. The summed E-state index contributed by atoms with van der Waals surface area (Å²) < 4.78 is 33.5. The Balaban J connectivity index is 1.77. The van der Waals surface area contributed by atoms with Gasteiger partial charge < -0.3 is 10.1 Å². The fraction of sp³-hybridized carbons (Fsp3) is 0.409. The van der Waals surface area contributed by atoms with Crippen LogP contribution in [0.1, 0.15) is 35.1 Å². The van der Waals surface area contributed by atoms with Gasteiger partial charge in [0.2, 0.25) is 5.91 Å². The summed E-state index contributed by atoms with van der Waals surface area (Å²) in [5.74, 6) is -0.00575. The van der Waals surface area contributed by atoms with Crippen LogP contribution in [0.2, 0.25) is 0 Å². The Morgan fingerprint density at radius 2 is 1.66 bits per heavy atom. The minimum absolute atomic E-state index is 0.00575. The van der Waals surface area contributed by atoms with Crippen LogP contribution < -0.4 is 10.0 Å². The number of nitrogens with one attached hydrogen (secondary N) is 2. The molecular formula is C22H28N2O4S. The second-order valence-electron chi connectivity index (χ2n) is 7.74. The van der Waals surface area contributed by atoms with Crippen molar-refractivity contribution in [2.75, 3.05) is 25.0 Å². The molecule has 1 amide bonds. The first kappa shape index (κ1) is 21.3. The molecule has 0 atom stereocenters. The Morgan fingerprint density at radius 1 is 1.07 bits per heavy atom. The average Bonchev–Trinajstić information content (AvgIpc) is 3.43. The number of hydrogen-bond acceptors (Lipinski definition) is 4. The smallest absolute Gasteiger partial charge is 0.262 e. The van der Waals surface area contributed by atoms with Crippen LogP contribution in [0.3, 0.4) is 0 Å². The van der Waals surface area contributed by atoms with Gasteiger partial charge in [-0.2, -0.15) is 0 Å². The van der Waals surface area contributed by atoms with Gasteiger partial charge in [0.25, 0.3) is 10.0 Å². The van der Waals surface area contributed by atoms with Crippen LogP contribution in [0.15, 0.2) is 41.3 Å². The first-order valence-corrected chi connectivity index (χ1v) is 11.2. The van der Waals surface area contributed by atoms with Crippen LogP contribution in [0.5, 0.6) is 0 Å². The average molecular weight is 417 g/mol. The molecule has 6 nitrogen and oxygen atoms in total. The van der Waals surface area contributed by atoms with Gasteiger partial charge in [0.15, 0.2) is 0 Å². The quantitative estimate of drug-likeness (QED) is 0.647. The maximum Gasteiger partial charge on any atom is 0.262 e. The first-order valence-electron chi connectivity index (χ1n) is 9.68. The van der Waals surface area contributed by atoms with Crippen molar-refractivity contribution in [3.63, 3.8) is 0 Å². The SMILES string of the molecule is COCCNC(=O)C1(c2ccc(NS(=O)(=O)c3c(C)cc(C)cc3C)cc2)CC1. The molecule has 0 heterocycles. The van der Waals surface area contributed by atoms with Gasteiger partial charge in [0, 0.05) is 19.3 Å². The topological polar surface area (TPSA) is 84.5 Å². The van der Waals surface area contributed by atoms with Crippen molar-refractivity contribution in [2.45, 2.75) is 43.9 Å². The number of aryl methyl sites for hydroxylation is 3. The Hall–Kier alpha value is -2.38. The first-order chi connectivity index (χ1) is 13.7. The van der Waals surface area contributed by atoms with E-state index in [1.54, 1.807) is 33.1 Å². The van der Waals surface area contributed by atoms with E-state index in [2.05, 4.69) is 10.0 Å². The lowest BCUT2D eigenvalue weighted by atomic mass is 9.95. The molecule has 7 heteroatoms. The Kier molecular flexibility index (Phi) is 6.00. The Morgan fingerprint density at radius 3 is 2.17 bits per heavy atom. The molecule has 0 saturated heterocycles. The number of anilines is 1. The summed E-state index contributed by atoms with van der Waals surface area (Å²) >= 11 is 0. The molecule has 0 radical (unpaired) electrons. The molecule has 0 bridgehead atoms. The molecule has 1 fully saturated rings. The lowest BCUT2D eigenvalue weighted by Crippen LogP contribution is -2.36. The van der Waals surface area contributed by atoms with E-state index >= 15 is 0 Å². The van der Waals surface area contributed by atoms with Gasteiger partial charge in [-0.25, -0.2) is 8.42 Å². The highest BCUT2D eigenvalue weighted by Crippen LogP contribution is 2.48. The lowest BCUT2D eigenvalue weighted by molar-refractivity contribution is -0.123. The largest absolute Gasteiger partial charge is 0.383 e. The van der Waals surface area contributed by atoms with Crippen molar-refractivity contribution in [1.82, 2.24) is 5.32 Å². The summed E-state index contributed by atoms with van der Waals surface area (Å²) in [5, 5.41) is 2.90. The number of amides is 1.